The SMILES string of the molecule is O=C1CCN(CC2C3COCC32)C1. The Kier molecular flexibility index (Phi) is 1.70. The molecule has 2 aliphatic heterocycles. The standard InChI is InChI=1S/C10H15NO2/c12-7-1-2-11(3-7)4-8-9-5-13-6-10(8)9/h8-10H,1-6H2. The van der Waals surface area contributed by atoms with Gasteiger partial charge < -0.3 is 4.74 Å². The fourth-order valence-corrected chi connectivity index (χ4v) is 2.77. The van der Waals surface area contributed by atoms with Gasteiger partial charge in [0, 0.05) is 19.5 Å². The molecule has 3 rings (SSSR count). The van der Waals surface area contributed by atoms with Crippen LogP contribution in [0.25, 0.3) is 0 Å². The predicted molar refractivity (Wildman–Crippen MR) is 47.4 cm³/mol. The maximum absolute atomic E-state index is 11.0. The van der Waals surface area contributed by atoms with Gasteiger partial charge in [-0.3, -0.25) is 9.69 Å². The highest BCUT2D eigenvalue weighted by atomic mass is 16.5. The summed E-state index contributed by atoms with van der Waals surface area (Å²) in [4.78, 5) is 13.3. The van der Waals surface area contributed by atoms with E-state index in [0.29, 0.717) is 12.3 Å². The number of nitrogens with zero attached hydrogens (tertiary/aromatic N) is 1. The zero-order valence-electron chi connectivity index (χ0n) is 7.74. The first-order chi connectivity index (χ1) is 6.34. The molecule has 13 heavy (non-hydrogen) atoms. The van der Waals surface area contributed by atoms with Gasteiger partial charge in [-0.15, -0.1) is 0 Å². The van der Waals surface area contributed by atoms with Crippen molar-refractivity contribution in [2.75, 3.05) is 32.8 Å². The van der Waals surface area contributed by atoms with E-state index in [1.54, 1.807) is 0 Å². The summed E-state index contributed by atoms with van der Waals surface area (Å²) < 4.78 is 5.34. The third-order valence-electron chi connectivity index (χ3n) is 3.71. The number of carbonyl (C=O) groups excluding carboxylic acids is 1. The number of ether oxygens (including phenoxy) is 1. The van der Waals surface area contributed by atoms with Crippen molar-refractivity contribution in [1.82, 2.24) is 4.90 Å². The van der Waals surface area contributed by atoms with Crippen molar-refractivity contribution in [2.24, 2.45) is 17.8 Å². The lowest BCUT2D eigenvalue weighted by atomic mass is 10.3. The van der Waals surface area contributed by atoms with Crippen LogP contribution in [0.5, 0.6) is 0 Å². The molecule has 2 atom stereocenters. The van der Waals surface area contributed by atoms with Gasteiger partial charge in [-0.1, -0.05) is 0 Å². The van der Waals surface area contributed by atoms with Crippen molar-refractivity contribution >= 4 is 5.78 Å². The van der Waals surface area contributed by atoms with E-state index in [4.69, 9.17) is 4.74 Å². The summed E-state index contributed by atoms with van der Waals surface area (Å²) in [6.45, 7) is 4.78. The van der Waals surface area contributed by atoms with E-state index in [2.05, 4.69) is 4.90 Å². The molecule has 2 unspecified atom stereocenters. The van der Waals surface area contributed by atoms with Crippen LogP contribution in [0.2, 0.25) is 0 Å². The Balaban J connectivity index is 1.51. The van der Waals surface area contributed by atoms with Crippen molar-refractivity contribution in [3.63, 3.8) is 0 Å². The zero-order chi connectivity index (χ0) is 8.84. The average Bonchev–Trinajstić information content (AvgIpc) is 2.58. The lowest BCUT2D eigenvalue weighted by Gasteiger charge is -2.14. The molecule has 3 fully saturated rings. The van der Waals surface area contributed by atoms with E-state index < -0.39 is 0 Å². The van der Waals surface area contributed by atoms with Crippen molar-refractivity contribution in [1.29, 1.82) is 0 Å². The van der Waals surface area contributed by atoms with E-state index >= 15 is 0 Å². The molecule has 72 valence electrons. The number of fused-ring (bicyclic) bond motifs is 1. The van der Waals surface area contributed by atoms with Crippen LogP contribution in [0, 0.1) is 17.8 Å². The number of ketones is 1. The molecular weight excluding hydrogens is 166 g/mol. The number of likely N-dealkylation sites (tertiary alicyclic amines) is 1. The number of hydrogen-bond donors (Lipinski definition) is 0. The fraction of sp³-hybridized carbons (Fsp3) is 0.900. The Hall–Kier alpha value is -0.410. The second-order valence-corrected chi connectivity index (χ2v) is 4.55. The second kappa shape index (κ2) is 2.79. The van der Waals surface area contributed by atoms with E-state index in [-0.39, 0.29) is 0 Å². The van der Waals surface area contributed by atoms with E-state index in [9.17, 15) is 4.79 Å². The van der Waals surface area contributed by atoms with Crippen molar-refractivity contribution < 1.29 is 9.53 Å². The topological polar surface area (TPSA) is 29.5 Å². The highest BCUT2D eigenvalue weighted by Gasteiger charge is 2.54. The van der Waals surface area contributed by atoms with Crippen LogP contribution in [-0.2, 0) is 9.53 Å². The minimum Gasteiger partial charge on any atom is -0.381 e. The number of rotatable bonds is 2. The van der Waals surface area contributed by atoms with Gasteiger partial charge in [-0.05, 0) is 17.8 Å². The summed E-state index contributed by atoms with van der Waals surface area (Å²) in [5.74, 6) is 2.92. The summed E-state index contributed by atoms with van der Waals surface area (Å²) in [7, 11) is 0. The van der Waals surface area contributed by atoms with Gasteiger partial charge in [0.25, 0.3) is 0 Å². The Morgan fingerprint density at radius 2 is 2.15 bits per heavy atom. The zero-order valence-corrected chi connectivity index (χ0v) is 7.74. The maximum Gasteiger partial charge on any atom is 0.148 e. The van der Waals surface area contributed by atoms with Gasteiger partial charge in [0.1, 0.15) is 5.78 Å². The molecule has 0 N–H and O–H groups in total. The van der Waals surface area contributed by atoms with Gasteiger partial charge in [0.15, 0.2) is 0 Å². The lowest BCUT2D eigenvalue weighted by Crippen LogP contribution is -2.25. The summed E-state index contributed by atoms with van der Waals surface area (Å²) in [6, 6.07) is 0. The molecule has 1 aliphatic carbocycles. The van der Waals surface area contributed by atoms with Crippen LogP contribution in [-0.4, -0.2) is 43.5 Å². The van der Waals surface area contributed by atoms with Crippen molar-refractivity contribution in [2.45, 2.75) is 6.42 Å². The molecule has 0 aromatic rings. The van der Waals surface area contributed by atoms with E-state index in [1.165, 1.54) is 0 Å². The molecule has 0 aromatic carbocycles. The monoisotopic (exact) mass is 181 g/mol. The summed E-state index contributed by atoms with van der Waals surface area (Å²) >= 11 is 0. The Morgan fingerprint density at radius 1 is 1.38 bits per heavy atom. The number of hydrogen-bond acceptors (Lipinski definition) is 3. The minimum absolute atomic E-state index is 0.419. The third-order valence-corrected chi connectivity index (χ3v) is 3.71. The first kappa shape index (κ1) is 7.94. The van der Waals surface area contributed by atoms with Crippen molar-refractivity contribution in [3.8, 4) is 0 Å². The Labute approximate surface area is 78.0 Å². The van der Waals surface area contributed by atoms with Gasteiger partial charge in [0.2, 0.25) is 0 Å². The number of carbonyl (C=O) groups is 1. The molecular formula is C10H15NO2. The molecule has 3 aliphatic rings. The van der Waals surface area contributed by atoms with Crippen LogP contribution in [0.15, 0.2) is 0 Å². The van der Waals surface area contributed by atoms with Crippen LogP contribution in [0.1, 0.15) is 6.42 Å². The first-order valence-corrected chi connectivity index (χ1v) is 5.16. The highest BCUT2D eigenvalue weighted by molar-refractivity contribution is 5.82. The lowest BCUT2D eigenvalue weighted by molar-refractivity contribution is -0.116. The molecule has 0 amide bonds. The van der Waals surface area contributed by atoms with Crippen LogP contribution >= 0.6 is 0 Å². The van der Waals surface area contributed by atoms with Gasteiger partial charge in [0.05, 0.1) is 19.8 Å². The second-order valence-electron chi connectivity index (χ2n) is 4.55. The third kappa shape index (κ3) is 1.30. The van der Waals surface area contributed by atoms with E-state index in [0.717, 1.165) is 50.5 Å². The van der Waals surface area contributed by atoms with E-state index in [1.807, 2.05) is 0 Å². The quantitative estimate of drug-likeness (QED) is 0.607. The van der Waals surface area contributed by atoms with Gasteiger partial charge in [-0.2, -0.15) is 0 Å². The first-order valence-electron chi connectivity index (χ1n) is 5.16. The van der Waals surface area contributed by atoms with Gasteiger partial charge in [-0.25, -0.2) is 0 Å². The molecule has 2 heterocycles. The molecule has 1 saturated carbocycles. The molecule has 2 saturated heterocycles. The summed E-state index contributed by atoms with van der Waals surface area (Å²) in [5.41, 5.74) is 0. The number of Topliss-reactive ketones (excluding diaryl/α,β-unsaturated/α-hetero) is 1. The van der Waals surface area contributed by atoms with Crippen LogP contribution in [0.3, 0.4) is 0 Å². The molecule has 0 aromatic heterocycles. The maximum atomic E-state index is 11.0. The largest absolute Gasteiger partial charge is 0.381 e. The highest BCUT2D eigenvalue weighted by Crippen LogP contribution is 2.51. The molecule has 3 heteroatoms. The van der Waals surface area contributed by atoms with Crippen LogP contribution in [0.4, 0.5) is 0 Å². The molecule has 3 nitrogen and oxygen atoms in total. The van der Waals surface area contributed by atoms with Gasteiger partial charge >= 0.3 is 0 Å². The summed E-state index contributed by atoms with van der Waals surface area (Å²) in [5, 5.41) is 0. The Morgan fingerprint density at radius 3 is 2.77 bits per heavy atom. The Bertz CT molecular complexity index is 231. The average molecular weight is 181 g/mol. The van der Waals surface area contributed by atoms with Crippen molar-refractivity contribution in [3.05, 3.63) is 0 Å². The van der Waals surface area contributed by atoms with Crippen LogP contribution < -0.4 is 0 Å². The molecule has 0 bridgehead atoms. The smallest absolute Gasteiger partial charge is 0.148 e. The normalized spacial score (nSPS) is 44.0. The summed E-state index contributed by atoms with van der Waals surface area (Å²) in [6.07, 6.45) is 0.776. The minimum atomic E-state index is 0.419. The fourth-order valence-electron chi connectivity index (χ4n) is 2.77. The molecule has 0 radical (unpaired) electrons. The molecule has 0 spiro atoms. The predicted octanol–water partition coefficient (Wildman–Crippen LogP) is 0.154.